The fraction of sp³-hybridized carbons (Fsp3) is 0. The number of hydrogen-bond acceptors (Lipinski definition) is 6. The van der Waals surface area contributed by atoms with Crippen molar-refractivity contribution in [2.24, 2.45) is 0 Å². The van der Waals surface area contributed by atoms with Gasteiger partial charge in [-0.25, -0.2) is 19.9 Å². The van der Waals surface area contributed by atoms with Gasteiger partial charge in [-0.05, 0) is 58.0 Å². The minimum Gasteiger partial charge on any atom is -0.456 e. The van der Waals surface area contributed by atoms with Crippen LogP contribution in [0.15, 0.2) is 186 Å². The normalized spacial score (nSPS) is 11.6. The number of thiazole rings is 1. The molecular weight excluding hydrogens is 705 g/mol. The third-order valence-electron chi connectivity index (χ3n) is 10.4. The summed E-state index contributed by atoms with van der Waals surface area (Å²) in [5.74, 6) is 1.85. The first-order chi connectivity index (χ1) is 27.7. The molecule has 8 aromatic carbocycles. The molecule has 0 spiro atoms. The van der Waals surface area contributed by atoms with E-state index in [0.29, 0.717) is 17.5 Å². The summed E-state index contributed by atoms with van der Waals surface area (Å²) < 4.78 is 7.73. The number of fused-ring (bicyclic) bond motifs is 6. The van der Waals surface area contributed by atoms with E-state index in [0.717, 1.165) is 65.8 Å². The predicted molar refractivity (Wildman–Crippen MR) is 230 cm³/mol. The molecule has 3 heterocycles. The average molecular weight is 735 g/mol. The summed E-state index contributed by atoms with van der Waals surface area (Å²) in [6, 6.07) is 62.9. The van der Waals surface area contributed by atoms with Crippen LogP contribution in [0, 0.1) is 0 Å². The van der Waals surface area contributed by atoms with Gasteiger partial charge in [-0.15, -0.1) is 11.3 Å². The van der Waals surface area contributed by atoms with Gasteiger partial charge in [-0.2, -0.15) is 0 Å². The Kier molecular flexibility index (Phi) is 7.60. The van der Waals surface area contributed by atoms with Crippen molar-refractivity contribution in [1.29, 1.82) is 0 Å². The molecule has 6 heteroatoms. The largest absolute Gasteiger partial charge is 0.456 e. The molecule has 3 aromatic heterocycles. The van der Waals surface area contributed by atoms with E-state index in [1.54, 1.807) is 11.3 Å². The molecule has 11 rings (SSSR count). The molecule has 56 heavy (non-hydrogen) atoms. The first-order valence-corrected chi connectivity index (χ1v) is 19.4. The number of nitrogens with zero attached hydrogens (tertiary/aromatic N) is 4. The Balaban J connectivity index is 0.944. The fourth-order valence-corrected chi connectivity index (χ4v) is 8.69. The van der Waals surface area contributed by atoms with E-state index < -0.39 is 0 Å². The number of hydrogen-bond donors (Lipinski definition) is 0. The monoisotopic (exact) mass is 734 g/mol. The molecule has 0 unspecified atom stereocenters. The Hall–Kier alpha value is -7.28. The van der Waals surface area contributed by atoms with Crippen LogP contribution in [-0.2, 0) is 0 Å². The SMILES string of the molecule is c1ccc(-c2ccc3c(ccc4nc(-c5ccc(-c6cccc7oc8cc(-c9nc(-c%10ccccc%10)nc(-c%10ccccc%10)n9)ccc8c67)cc5)sc43)c2)cc1. The molecule has 0 fully saturated rings. The number of rotatable bonds is 6. The van der Waals surface area contributed by atoms with Crippen molar-refractivity contribution in [3.8, 4) is 67.0 Å². The molecule has 0 aliphatic rings. The van der Waals surface area contributed by atoms with Gasteiger partial charge < -0.3 is 4.42 Å². The lowest BCUT2D eigenvalue weighted by Crippen LogP contribution is -2.00. The minimum atomic E-state index is 0.593. The Morgan fingerprint density at radius 2 is 0.964 bits per heavy atom. The van der Waals surface area contributed by atoms with Crippen molar-refractivity contribution in [3.63, 3.8) is 0 Å². The first kappa shape index (κ1) is 32.2. The number of benzene rings is 8. The Labute approximate surface area is 326 Å². The molecule has 262 valence electrons. The van der Waals surface area contributed by atoms with E-state index in [9.17, 15) is 0 Å². The van der Waals surface area contributed by atoms with Crippen LogP contribution in [0.3, 0.4) is 0 Å². The zero-order valence-electron chi connectivity index (χ0n) is 29.9. The van der Waals surface area contributed by atoms with Gasteiger partial charge in [0.05, 0.1) is 10.2 Å². The van der Waals surface area contributed by atoms with Gasteiger partial charge in [0.25, 0.3) is 0 Å². The van der Waals surface area contributed by atoms with Crippen molar-refractivity contribution >= 4 is 54.3 Å². The van der Waals surface area contributed by atoms with Crippen molar-refractivity contribution < 1.29 is 4.42 Å². The van der Waals surface area contributed by atoms with Crippen LogP contribution >= 0.6 is 11.3 Å². The number of furan rings is 1. The maximum absolute atomic E-state index is 6.52. The molecule has 0 atom stereocenters. The summed E-state index contributed by atoms with van der Waals surface area (Å²) >= 11 is 1.75. The summed E-state index contributed by atoms with van der Waals surface area (Å²) in [4.78, 5) is 19.8. The molecule has 11 aromatic rings. The Morgan fingerprint density at radius 3 is 1.66 bits per heavy atom. The Bertz CT molecular complexity index is 3170. The van der Waals surface area contributed by atoms with E-state index in [1.807, 2.05) is 72.8 Å². The lowest BCUT2D eigenvalue weighted by atomic mass is 9.98. The van der Waals surface area contributed by atoms with Gasteiger partial charge in [-0.3, -0.25) is 0 Å². The highest BCUT2D eigenvalue weighted by Gasteiger charge is 2.17. The highest BCUT2D eigenvalue weighted by molar-refractivity contribution is 7.22. The standard InChI is InChI=1S/C50H30N4OS/c1-4-11-31(12-5-1)36-23-26-40-37(29-36)25-28-42-46(40)56-50(51-42)35-21-19-32(20-22-35)39-17-10-18-43-45(39)41-27-24-38(30-44(41)55-43)49-53-47(33-13-6-2-7-14-33)52-48(54-49)34-15-8-3-9-16-34/h1-30H. The van der Waals surface area contributed by atoms with E-state index in [-0.39, 0.29) is 0 Å². The molecule has 0 aliphatic carbocycles. The second kappa shape index (κ2) is 13.2. The van der Waals surface area contributed by atoms with Crippen molar-refractivity contribution in [3.05, 3.63) is 182 Å². The lowest BCUT2D eigenvalue weighted by molar-refractivity contribution is 0.669. The molecular formula is C50H30N4OS. The van der Waals surface area contributed by atoms with Crippen LogP contribution in [0.25, 0.3) is 110 Å². The molecule has 5 nitrogen and oxygen atoms in total. The van der Waals surface area contributed by atoms with Crippen molar-refractivity contribution in [2.45, 2.75) is 0 Å². The molecule has 0 saturated carbocycles. The second-order valence-corrected chi connectivity index (χ2v) is 14.8. The average Bonchev–Trinajstić information content (AvgIpc) is 3.89. The van der Waals surface area contributed by atoms with Crippen LogP contribution in [-0.4, -0.2) is 19.9 Å². The molecule has 0 amide bonds. The highest BCUT2D eigenvalue weighted by Crippen LogP contribution is 2.40. The van der Waals surface area contributed by atoms with Gasteiger partial charge in [0.2, 0.25) is 0 Å². The van der Waals surface area contributed by atoms with Crippen LogP contribution in [0.1, 0.15) is 0 Å². The Morgan fingerprint density at radius 1 is 0.375 bits per heavy atom. The van der Waals surface area contributed by atoms with Gasteiger partial charge in [0, 0.05) is 38.4 Å². The summed E-state index contributed by atoms with van der Waals surface area (Å²) in [6.07, 6.45) is 0. The first-order valence-electron chi connectivity index (χ1n) is 18.5. The summed E-state index contributed by atoms with van der Waals surface area (Å²) in [5, 5.41) is 5.58. The van der Waals surface area contributed by atoms with Gasteiger partial charge in [-0.1, -0.05) is 152 Å². The maximum atomic E-state index is 6.52. The molecule has 0 bridgehead atoms. The van der Waals surface area contributed by atoms with Crippen molar-refractivity contribution in [2.75, 3.05) is 0 Å². The molecule has 0 saturated heterocycles. The molecule has 0 aliphatic heterocycles. The number of aromatic nitrogens is 4. The third kappa shape index (κ3) is 5.63. The molecule has 0 radical (unpaired) electrons. The topological polar surface area (TPSA) is 64.7 Å². The quantitative estimate of drug-likeness (QED) is 0.170. The van der Waals surface area contributed by atoms with Crippen LogP contribution in [0.5, 0.6) is 0 Å². The van der Waals surface area contributed by atoms with E-state index in [1.165, 1.54) is 26.6 Å². The summed E-state index contributed by atoms with van der Waals surface area (Å²) in [6.45, 7) is 0. The highest BCUT2D eigenvalue weighted by atomic mass is 32.1. The van der Waals surface area contributed by atoms with E-state index >= 15 is 0 Å². The van der Waals surface area contributed by atoms with Gasteiger partial charge in [0.15, 0.2) is 17.5 Å². The third-order valence-corrected chi connectivity index (χ3v) is 11.5. The minimum absolute atomic E-state index is 0.593. The smallest absolute Gasteiger partial charge is 0.164 e. The van der Waals surface area contributed by atoms with Gasteiger partial charge in [0.1, 0.15) is 16.2 Å². The van der Waals surface area contributed by atoms with Crippen LogP contribution in [0.4, 0.5) is 0 Å². The molecule has 0 N–H and O–H groups in total. The van der Waals surface area contributed by atoms with Crippen molar-refractivity contribution in [1.82, 2.24) is 19.9 Å². The van der Waals surface area contributed by atoms with E-state index in [2.05, 4.69) is 109 Å². The second-order valence-electron chi connectivity index (χ2n) is 13.8. The summed E-state index contributed by atoms with van der Waals surface area (Å²) in [5.41, 5.74) is 11.1. The van der Waals surface area contributed by atoms with Gasteiger partial charge >= 0.3 is 0 Å². The fourth-order valence-electron chi connectivity index (χ4n) is 7.58. The lowest BCUT2D eigenvalue weighted by Gasteiger charge is -2.08. The maximum Gasteiger partial charge on any atom is 0.164 e. The van der Waals surface area contributed by atoms with E-state index in [4.69, 9.17) is 24.4 Å². The zero-order valence-corrected chi connectivity index (χ0v) is 30.7. The predicted octanol–water partition coefficient (Wildman–Crippen LogP) is 13.5. The van der Waals surface area contributed by atoms with Crippen LogP contribution < -0.4 is 0 Å². The zero-order chi connectivity index (χ0) is 37.0. The summed E-state index contributed by atoms with van der Waals surface area (Å²) in [7, 11) is 0. The van der Waals surface area contributed by atoms with Crippen LogP contribution in [0.2, 0.25) is 0 Å².